The van der Waals surface area contributed by atoms with E-state index < -0.39 is 0 Å². The highest BCUT2D eigenvalue weighted by molar-refractivity contribution is 7.15. The first-order valence-corrected chi connectivity index (χ1v) is 7.35. The van der Waals surface area contributed by atoms with Gasteiger partial charge in [-0.15, -0.1) is 11.3 Å². The highest BCUT2D eigenvalue weighted by Crippen LogP contribution is 2.27. The molecular formula is C13H25N3S. The topological polar surface area (TPSA) is 28.2 Å². The SMILES string of the molecule is CCNCc1sc(N(C)C(CC)CC)nc1C. The molecule has 1 rings (SSSR count). The molecule has 0 aliphatic carbocycles. The average Bonchev–Trinajstić information content (AvgIpc) is 2.69. The van der Waals surface area contributed by atoms with Gasteiger partial charge in [0.2, 0.25) is 0 Å². The van der Waals surface area contributed by atoms with Crippen molar-refractivity contribution in [2.75, 3.05) is 18.5 Å². The van der Waals surface area contributed by atoms with Crippen LogP contribution in [0.2, 0.25) is 0 Å². The first kappa shape index (κ1) is 14.5. The summed E-state index contributed by atoms with van der Waals surface area (Å²) in [6.45, 7) is 10.7. The highest BCUT2D eigenvalue weighted by atomic mass is 32.1. The summed E-state index contributed by atoms with van der Waals surface area (Å²) in [5, 5.41) is 4.52. The van der Waals surface area contributed by atoms with E-state index in [-0.39, 0.29) is 0 Å². The summed E-state index contributed by atoms with van der Waals surface area (Å²) < 4.78 is 0. The number of aryl methyl sites for hydroxylation is 1. The predicted octanol–water partition coefficient (Wildman–Crippen LogP) is 3.19. The van der Waals surface area contributed by atoms with Gasteiger partial charge < -0.3 is 10.2 Å². The Morgan fingerprint density at radius 3 is 2.47 bits per heavy atom. The van der Waals surface area contributed by atoms with Crippen LogP contribution in [-0.2, 0) is 6.54 Å². The van der Waals surface area contributed by atoms with E-state index in [9.17, 15) is 0 Å². The molecule has 17 heavy (non-hydrogen) atoms. The molecule has 98 valence electrons. The van der Waals surface area contributed by atoms with Crippen molar-refractivity contribution in [2.45, 2.75) is 53.1 Å². The Bertz CT molecular complexity index is 331. The maximum absolute atomic E-state index is 4.68. The molecule has 0 spiro atoms. The van der Waals surface area contributed by atoms with Crippen molar-refractivity contribution in [3.05, 3.63) is 10.6 Å². The normalized spacial score (nSPS) is 11.2. The fourth-order valence-corrected chi connectivity index (χ4v) is 3.02. The second-order valence-corrected chi connectivity index (χ2v) is 5.43. The van der Waals surface area contributed by atoms with Crippen molar-refractivity contribution in [2.24, 2.45) is 0 Å². The van der Waals surface area contributed by atoms with E-state index in [0.717, 1.165) is 18.2 Å². The number of anilines is 1. The van der Waals surface area contributed by atoms with E-state index in [1.165, 1.54) is 23.4 Å². The zero-order valence-electron chi connectivity index (χ0n) is 11.7. The average molecular weight is 255 g/mol. The lowest BCUT2D eigenvalue weighted by atomic mass is 10.1. The van der Waals surface area contributed by atoms with Crippen molar-refractivity contribution in [3.8, 4) is 0 Å². The molecule has 0 amide bonds. The van der Waals surface area contributed by atoms with Gasteiger partial charge in [-0.2, -0.15) is 0 Å². The predicted molar refractivity (Wildman–Crippen MR) is 77.0 cm³/mol. The van der Waals surface area contributed by atoms with Gasteiger partial charge in [0.1, 0.15) is 0 Å². The van der Waals surface area contributed by atoms with Gasteiger partial charge in [0.25, 0.3) is 0 Å². The quantitative estimate of drug-likeness (QED) is 0.811. The summed E-state index contributed by atoms with van der Waals surface area (Å²) in [5.74, 6) is 0. The molecule has 3 nitrogen and oxygen atoms in total. The molecule has 0 unspecified atom stereocenters. The minimum Gasteiger partial charge on any atom is -0.348 e. The van der Waals surface area contributed by atoms with Gasteiger partial charge in [0.05, 0.1) is 5.69 Å². The summed E-state index contributed by atoms with van der Waals surface area (Å²) in [5.41, 5.74) is 1.17. The van der Waals surface area contributed by atoms with Crippen molar-refractivity contribution in [1.82, 2.24) is 10.3 Å². The van der Waals surface area contributed by atoms with Crippen LogP contribution >= 0.6 is 11.3 Å². The molecule has 0 aliphatic heterocycles. The summed E-state index contributed by atoms with van der Waals surface area (Å²) >= 11 is 1.82. The van der Waals surface area contributed by atoms with E-state index in [0.29, 0.717) is 6.04 Å². The van der Waals surface area contributed by atoms with Crippen LogP contribution < -0.4 is 10.2 Å². The largest absolute Gasteiger partial charge is 0.348 e. The Morgan fingerprint density at radius 2 is 1.94 bits per heavy atom. The van der Waals surface area contributed by atoms with Crippen LogP contribution in [0.25, 0.3) is 0 Å². The summed E-state index contributed by atoms with van der Waals surface area (Å²) in [6, 6.07) is 0.604. The third kappa shape index (κ3) is 3.68. The van der Waals surface area contributed by atoms with Crippen LogP contribution in [0, 0.1) is 6.92 Å². The van der Waals surface area contributed by atoms with Gasteiger partial charge in [0.15, 0.2) is 5.13 Å². The molecule has 0 saturated carbocycles. The molecular weight excluding hydrogens is 230 g/mol. The number of nitrogens with one attached hydrogen (secondary N) is 1. The molecule has 0 fully saturated rings. The Hall–Kier alpha value is -0.610. The Labute approximate surface area is 109 Å². The van der Waals surface area contributed by atoms with Gasteiger partial charge in [0, 0.05) is 24.5 Å². The lowest BCUT2D eigenvalue weighted by Crippen LogP contribution is -2.30. The first-order chi connectivity index (χ1) is 8.13. The van der Waals surface area contributed by atoms with Gasteiger partial charge in [-0.05, 0) is 26.3 Å². The molecule has 1 heterocycles. The maximum atomic E-state index is 4.68. The minimum atomic E-state index is 0.604. The van der Waals surface area contributed by atoms with E-state index in [1.807, 2.05) is 11.3 Å². The van der Waals surface area contributed by atoms with Crippen molar-refractivity contribution < 1.29 is 0 Å². The van der Waals surface area contributed by atoms with Crippen LogP contribution in [0.4, 0.5) is 5.13 Å². The van der Waals surface area contributed by atoms with Gasteiger partial charge in [-0.25, -0.2) is 4.98 Å². The van der Waals surface area contributed by atoms with Crippen LogP contribution in [-0.4, -0.2) is 24.6 Å². The maximum Gasteiger partial charge on any atom is 0.185 e. The third-order valence-electron chi connectivity index (χ3n) is 3.21. The number of hydrogen-bond donors (Lipinski definition) is 1. The lowest BCUT2D eigenvalue weighted by molar-refractivity contribution is 0.590. The summed E-state index contributed by atoms with van der Waals surface area (Å²) in [6.07, 6.45) is 2.35. The monoisotopic (exact) mass is 255 g/mol. The van der Waals surface area contributed by atoms with Crippen LogP contribution in [0.15, 0.2) is 0 Å². The van der Waals surface area contributed by atoms with E-state index in [1.54, 1.807) is 0 Å². The molecule has 1 aromatic rings. The summed E-state index contributed by atoms with van der Waals surface area (Å²) in [7, 11) is 2.16. The van der Waals surface area contributed by atoms with Gasteiger partial charge >= 0.3 is 0 Å². The molecule has 0 saturated heterocycles. The van der Waals surface area contributed by atoms with Crippen LogP contribution in [0.1, 0.15) is 44.2 Å². The zero-order chi connectivity index (χ0) is 12.8. The van der Waals surface area contributed by atoms with E-state index in [2.05, 4.69) is 49.9 Å². The van der Waals surface area contributed by atoms with Crippen molar-refractivity contribution >= 4 is 16.5 Å². The standard InChI is InChI=1S/C13H25N3S/c1-6-11(7-2)16(5)13-15-10(4)12(17-13)9-14-8-3/h11,14H,6-9H2,1-5H3. The fourth-order valence-electron chi connectivity index (χ4n) is 1.96. The van der Waals surface area contributed by atoms with E-state index >= 15 is 0 Å². The number of aromatic nitrogens is 1. The molecule has 1 aromatic heterocycles. The van der Waals surface area contributed by atoms with Crippen molar-refractivity contribution in [3.63, 3.8) is 0 Å². The van der Waals surface area contributed by atoms with Crippen LogP contribution in [0.5, 0.6) is 0 Å². The molecule has 0 bridgehead atoms. The molecule has 0 radical (unpaired) electrons. The van der Waals surface area contributed by atoms with Crippen LogP contribution in [0.3, 0.4) is 0 Å². The fraction of sp³-hybridized carbons (Fsp3) is 0.769. The molecule has 1 N–H and O–H groups in total. The minimum absolute atomic E-state index is 0.604. The third-order valence-corrected chi connectivity index (χ3v) is 4.46. The molecule has 0 atom stereocenters. The Morgan fingerprint density at radius 1 is 1.29 bits per heavy atom. The number of rotatable bonds is 7. The van der Waals surface area contributed by atoms with Crippen molar-refractivity contribution in [1.29, 1.82) is 0 Å². The van der Waals surface area contributed by atoms with Gasteiger partial charge in [-0.3, -0.25) is 0 Å². The number of hydrogen-bond acceptors (Lipinski definition) is 4. The first-order valence-electron chi connectivity index (χ1n) is 6.53. The lowest BCUT2D eigenvalue weighted by Gasteiger charge is -2.25. The number of thiazole rings is 1. The Balaban J connectivity index is 2.77. The molecule has 4 heteroatoms. The summed E-state index contributed by atoms with van der Waals surface area (Å²) in [4.78, 5) is 8.37. The smallest absolute Gasteiger partial charge is 0.185 e. The second kappa shape index (κ2) is 6.97. The molecule has 0 aromatic carbocycles. The number of nitrogens with zero attached hydrogens (tertiary/aromatic N) is 2. The second-order valence-electron chi connectivity index (χ2n) is 4.37. The molecule has 0 aliphatic rings. The zero-order valence-corrected chi connectivity index (χ0v) is 12.5. The Kier molecular flexibility index (Phi) is 5.92. The highest BCUT2D eigenvalue weighted by Gasteiger charge is 2.16. The van der Waals surface area contributed by atoms with E-state index in [4.69, 9.17) is 0 Å². The van der Waals surface area contributed by atoms with Gasteiger partial charge in [-0.1, -0.05) is 20.8 Å².